The zero-order valence-corrected chi connectivity index (χ0v) is 13.4. The van der Waals surface area contributed by atoms with Gasteiger partial charge in [-0.05, 0) is 18.6 Å². The maximum atomic E-state index is 13.8. The molecule has 0 saturated carbocycles. The van der Waals surface area contributed by atoms with Crippen LogP contribution in [0, 0.1) is 11.6 Å². The van der Waals surface area contributed by atoms with Crippen molar-refractivity contribution in [3.63, 3.8) is 0 Å². The lowest BCUT2D eigenvalue weighted by molar-refractivity contribution is 0.0713. The van der Waals surface area contributed by atoms with Crippen molar-refractivity contribution in [1.82, 2.24) is 19.8 Å². The summed E-state index contributed by atoms with van der Waals surface area (Å²) in [7, 11) is 0. The van der Waals surface area contributed by atoms with Crippen molar-refractivity contribution in [3.8, 4) is 0 Å². The normalized spacial score (nSPS) is 15.0. The number of benzene rings is 1. The molecule has 1 aliphatic rings. The van der Waals surface area contributed by atoms with E-state index < -0.39 is 17.5 Å². The number of halogens is 2. The van der Waals surface area contributed by atoms with Gasteiger partial charge in [0.05, 0.1) is 11.8 Å². The van der Waals surface area contributed by atoms with Gasteiger partial charge in [0.25, 0.3) is 11.8 Å². The molecule has 0 unspecified atom stereocenters. The molecule has 2 heterocycles. The second kappa shape index (κ2) is 7.33. The van der Waals surface area contributed by atoms with Crippen LogP contribution < -0.4 is 0 Å². The number of carbonyl (C=O) groups excluding carboxylic acids is 2. The maximum absolute atomic E-state index is 13.8. The van der Waals surface area contributed by atoms with E-state index in [4.69, 9.17) is 0 Å². The summed E-state index contributed by atoms with van der Waals surface area (Å²) >= 11 is 0. The molecule has 0 bridgehead atoms. The quantitative estimate of drug-likeness (QED) is 0.831. The summed E-state index contributed by atoms with van der Waals surface area (Å²) in [6.45, 7) is 1.43. The monoisotopic (exact) mass is 346 g/mol. The number of rotatable bonds is 2. The highest BCUT2D eigenvalue weighted by molar-refractivity contribution is 5.95. The Balaban J connectivity index is 1.69. The van der Waals surface area contributed by atoms with E-state index in [1.54, 1.807) is 4.90 Å². The van der Waals surface area contributed by atoms with E-state index in [0.29, 0.717) is 32.1 Å². The predicted molar refractivity (Wildman–Crippen MR) is 84.8 cm³/mol. The lowest BCUT2D eigenvalue weighted by atomic mass is 10.1. The Bertz CT molecular complexity index is 785. The van der Waals surface area contributed by atoms with Crippen LogP contribution in [0.25, 0.3) is 0 Å². The van der Waals surface area contributed by atoms with Crippen molar-refractivity contribution < 1.29 is 18.4 Å². The maximum Gasteiger partial charge on any atom is 0.274 e. The largest absolute Gasteiger partial charge is 0.337 e. The number of hydrogen-bond acceptors (Lipinski definition) is 4. The molecule has 0 aliphatic carbocycles. The molecule has 8 heteroatoms. The van der Waals surface area contributed by atoms with Crippen LogP contribution in [-0.4, -0.2) is 57.8 Å². The van der Waals surface area contributed by atoms with Gasteiger partial charge in [0, 0.05) is 44.6 Å². The molecule has 1 aromatic heterocycles. The minimum absolute atomic E-state index is 0.171. The third-order valence-corrected chi connectivity index (χ3v) is 4.01. The number of carbonyl (C=O) groups is 2. The highest BCUT2D eigenvalue weighted by Crippen LogP contribution is 2.15. The summed E-state index contributed by atoms with van der Waals surface area (Å²) in [5, 5.41) is 0. The first-order valence-electron chi connectivity index (χ1n) is 7.86. The molecule has 6 nitrogen and oxygen atoms in total. The van der Waals surface area contributed by atoms with Crippen LogP contribution in [-0.2, 0) is 0 Å². The molecule has 1 aromatic carbocycles. The van der Waals surface area contributed by atoms with Crippen LogP contribution in [0.1, 0.15) is 27.3 Å². The Kier molecular flexibility index (Phi) is 4.97. The van der Waals surface area contributed by atoms with Crippen molar-refractivity contribution in [2.45, 2.75) is 6.42 Å². The molecular weight excluding hydrogens is 330 g/mol. The van der Waals surface area contributed by atoms with E-state index in [2.05, 4.69) is 9.97 Å². The average molecular weight is 346 g/mol. The van der Waals surface area contributed by atoms with Gasteiger partial charge in [-0.2, -0.15) is 0 Å². The molecule has 2 amide bonds. The van der Waals surface area contributed by atoms with Gasteiger partial charge in [-0.25, -0.2) is 13.8 Å². The molecule has 0 radical (unpaired) electrons. The lowest BCUT2D eigenvalue weighted by Crippen LogP contribution is -2.37. The van der Waals surface area contributed by atoms with Gasteiger partial charge >= 0.3 is 0 Å². The van der Waals surface area contributed by atoms with Gasteiger partial charge in [-0.3, -0.25) is 14.6 Å². The van der Waals surface area contributed by atoms with Crippen LogP contribution in [0.5, 0.6) is 0 Å². The highest BCUT2D eigenvalue weighted by atomic mass is 19.1. The zero-order valence-electron chi connectivity index (χ0n) is 13.4. The third kappa shape index (κ3) is 3.78. The van der Waals surface area contributed by atoms with Crippen LogP contribution in [0.3, 0.4) is 0 Å². The number of nitrogens with zero attached hydrogens (tertiary/aromatic N) is 4. The lowest BCUT2D eigenvalue weighted by Gasteiger charge is -2.22. The van der Waals surface area contributed by atoms with Gasteiger partial charge in [0.15, 0.2) is 0 Å². The fourth-order valence-corrected chi connectivity index (χ4v) is 2.73. The first-order chi connectivity index (χ1) is 12.1. The predicted octanol–water partition coefficient (Wildman–Crippen LogP) is 1.74. The van der Waals surface area contributed by atoms with Crippen molar-refractivity contribution in [1.29, 1.82) is 0 Å². The summed E-state index contributed by atoms with van der Waals surface area (Å²) in [4.78, 5) is 35.8. The van der Waals surface area contributed by atoms with Gasteiger partial charge in [-0.15, -0.1) is 0 Å². The number of hydrogen-bond donors (Lipinski definition) is 0. The Morgan fingerprint density at radius 2 is 1.68 bits per heavy atom. The molecule has 1 aliphatic heterocycles. The molecule has 1 fully saturated rings. The standard InChI is InChI=1S/C17H16F2N4O2/c18-12-2-3-13(14(19)10-12)16(24)22-6-1-7-23(9-8-22)17(25)15-11-20-4-5-21-15/h2-5,10-11H,1,6-9H2. The fraction of sp³-hybridized carbons (Fsp3) is 0.294. The van der Waals surface area contributed by atoms with E-state index in [0.717, 1.165) is 12.1 Å². The molecule has 0 spiro atoms. The smallest absolute Gasteiger partial charge is 0.274 e. The first-order valence-corrected chi connectivity index (χ1v) is 7.86. The summed E-state index contributed by atoms with van der Waals surface area (Å²) in [5.74, 6) is -2.38. The van der Waals surface area contributed by atoms with Crippen LogP contribution in [0.2, 0.25) is 0 Å². The minimum atomic E-state index is -0.887. The summed E-state index contributed by atoms with van der Waals surface area (Å²) in [6, 6.07) is 2.88. The molecular formula is C17H16F2N4O2. The van der Waals surface area contributed by atoms with Crippen molar-refractivity contribution in [3.05, 3.63) is 59.7 Å². The molecule has 3 rings (SSSR count). The molecule has 0 N–H and O–H groups in total. The summed E-state index contributed by atoms with van der Waals surface area (Å²) in [6.07, 6.45) is 4.87. The van der Waals surface area contributed by atoms with Crippen molar-refractivity contribution in [2.24, 2.45) is 0 Å². The van der Waals surface area contributed by atoms with E-state index in [1.165, 1.54) is 23.5 Å². The highest BCUT2D eigenvalue weighted by Gasteiger charge is 2.25. The van der Waals surface area contributed by atoms with E-state index in [1.807, 2.05) is 0 Å². The second-order valence-corrected chi connectivity index (χ2v) is 5.65. The third-order valence-electron chi connectivity index (χ3n) is 4.01. The SMILES string of the molecule is O=C(c1cnccn1)N1CCCN(C(=O)c2ccc(F)cc2F)CC1. The fourth-order valence-electron chi connectivity index (χ4n) is 2.73. The van der Waals surface area contributed by atoms with E-state index in [9.17, 15) is 18.4 Å². The van der Waals surface area contributed by atoms with Crippen molar-refractivity contribution >= 4 is 11.8 Å². The summed E-state index contributed by atoms with van der Waals surface area (Å²) in [5.41, 5.74) is 0.0713. The Morgan fingerprint density at radius 3 is 2.32 bits per heavy atom. The van der Waals surface area contributed by atoms with Gasteiger partial charge in [0.2, 0.25) is 0 Å². The van der Waals surface area contributed by atoms with E-state index >= 15 is 0 Å². The number of aromatic nitrogens is 2. The van der Waals surface area contributed by atoms with Crippen LogP contribution in [0.4, 0.5) is 8.78 Å². The minimum Gasteiger partial charge on any atom is -0.337 e. The van der Waals surface area contributed by atoms with Crippen LogP contribution >= 0.6 is 0 Å². The average Bonchev–Trinajstić information content (AvgIpc) is 2.87. The van der Waals surface area contributed by atoms with Crippen molar-refractivity contribution in [2.75, 3.05) is 26.2 Å². The van der Waals surface area contributed by atoms with Crippen LogP contribution in [0.15, 0.2) is 36.8 Å². The number of amides is 2. The van der Waals surface area contributed by atoms with Gasteiger partial charge in [0.1, 0.15) is 17.3 Å². The van der Waals surface area contributed by atoms with E-state index in [-0.39, 0.29) is 23.7 Å². The zero-order chi connectivity index (χ0) is 17.8. The molecule has 0 atom stereocenters. The molecule has 25 heavy (non-hydrogen) atoms. The topological polar surface area (TPSA) is 66.4 Å². The molecule has 130 valence electrons. The second-order valence-electron chi connectivity index (χ2n) is 5.65. The Labute approximate surface area is 143 Å². The van der Waals surface area contributed by atoms with Gasteiger partial charge < -0.3 is 9.80 Å². The Morgan fingerprint density at radius 1 is 0.960 bits per heavy atom. The first kappa shape index (κ1) is 16.9. The summed E-state index contributed by atoms with van der Waals surface area (Å²) < 4.78 is 26.8. The molecule has 2 aromatic rings. The molecule has 1 saturated heterocycles. The Hall–Kier alpha value is -2.90. The van der Waals surface area contributed by atoms with Gasteiger partial charge in [-0.1, -0.05) is 0 Å².